The van der Waals surface area contributed by atoms with Crippen LogP contribution in [0.1, 0.15) is 18.9 Å². The van der Waals surface area contributed by atoms with E-state index >= 15 is 0 Å². The minimum Gasteiger partial charge on any atom is -0.313 e. The lowest BCUT2D eigenvalue weighted by atomic mass is 10.2. The Bertz CT molecular complexity index is 580. The molecular weight excluding hydrogens is 322 g/mol. The molecule has 90 valence electrons. The van der Waals surface area contributed by atoms with Crippen molar-refractivity contribution in [3.8, 4) is 0 Å². The van der Waals surface area contributed by atoms with E-state index in [1.807, 2.05) is 18.4 Å². The molecule has 0 bridgehead atoms. The zero-order valence-electron chi connectivity index (χ0n) is 9.20. The van der Waals surface area contributed by atoms with Gasteiger partial charge in [0.1, 0.15) is 0 Å². The van der Waals surface area contributed by atoms with E-state index in [0.29, 0.717) is 6.04 Å². The van der Waals surface area contributed by atoms with Crippen LogP contribution in [0.25, 0.3) is 10.9 Å². The Hall–Kier alpha value is -0.390. The molecular formula is C11H11BrClN3S. The van der Waals surface area contributed by atoms with Crippen molar-refractivity contribution >= 4 is 56.2 Å². The van der Waals surface area contributed by atoms with Gasteiger partial charge >= 0.3 is 0 Å². The van der Waals surface area contributed by atoms with E-state index in [0.717, 1.165) is 26.2 Å². The van der Waals surface area contributed by atoms with Crippen molar-refractivity contribution in [2.75, 3.05) is 11.0 Å². The first-order chi connectivity index (χ1) is 8.22. The molecule has 0 aliphatic heterocycles. The summed E-state index contributed by atoms with van der Waals surface area (Å²) in [6.07, 6.45) is 4.39. The highest BCUT2D eigenvalue weighted by Crippen LogP contribution is 2.43. The first kappa shape index (κ1) is 11.7. The molecule has 1 aromatic carbocycles. The third-order valence-corrected chi connectivity index (χ3v) is 4.20. The maximum Gasteiger partial charge on any atom is 0.167 e. The van der Waals surface area contributed by atoms with Crippen LogP contribution in [0.5, 0.6) is 0 Å². The first-order valence-corrected chi connectivity index (χ1v) is 7.77. The van der Waals surface area contributed by atoms with E-state index in [9.17, 15) is 0 Å². The second-order valence-electron chi connectivity index (χ2n) is 4.08. The van der Waals surface area contributed by atoms with Gasteiger partial charge < -0.3 is 4.72 Å². The number of nitrogens with zero attached hydrogens (tertiary/aromatic N) is 2. The summed E-state index contributed by atoms with van der Waals surface area (Å²) in [6, 6.07) is 4.41. The smallest absolute Gasteiger partial charge is 0.167 e. The van der Waals surface area contributed by atoms with E-state index in [4.69, 9.17) is 11.6 Å². The predicted molar refractivity (Wildman–Crippen MR) is 77.9 cm³/mol. The Kier molecular flexibility index (Phi) is 3.00. The molecule has 1 aromatic heterocycles. The Morgan fingerprint density at radius 2 is 2.29 bits per heavy atom. The first-order valence-electron chi connectivity index (χ1n) is 5.37. The van der Waals surface area contributed by atoms with Gasteiger partial charge in [-0.05, 0) is 40.9 Å². The number of hydrogen-bond donors (Lipinski definition) is 1. The molecule has 3 rings (SSSR count). The highest BCUT2D eigenvalue weighted by Gasteiger charge is 2.29. The summed E-state index contributed by atoms with van der Waals surface area (Å²) in [4.78, 5) is 0. The Balaban J connectivity index is 2.30. The molecule has 0 saturated heterocycles. The molecule has 0 amide bonds. The van der Waals surface area contributed by atoms with Crippen LogP contribution in [0.3, 0.4) is 0 Å². The monoisotopic (exact) mass is 331 g/mol. The standard InChI is InChI=1S/C11H11BrClN3S/c1-17-15-11-9-8(13)5-4-7(12)10(9)16(14-11)6-2-3-6/h4-6H,2-3H2,1H3,(H,14,15). The van der Waals surface area contributed by atoms with Crippen molar-refractivity contribution in [3.05, 3.63) is 21.6 Å². The molecule has 0 unspecified atom stereocenters. The minimum absolute atomic E-state index is 0.532. The van der Waals surface area contributed by atoms with Crippen molar-refractivity contribution < 1.29 is 0 Å². The van der Waals surface area contributed by atoms with Gasteiger partial charge in [0.05, 0.1) is 22.0 Å². The summed E-state index contributed by atoms with van der Waals surface area (Å²) in [6.45, 7) is 0. The fraction of sp³-hybridized carbons (Fsp3) is 0.364. The number of hydrogen-bond acceptors (Lipinski definition) is 3. The van der Waals surface area contributed by atoms with Gasteiger partial charge in [0.25, 0.3) is 0 Å². The Morgan fingerprint density at radius 1 is 1.53 bits per heavy atom. The van der Waals surface area contributed by atoms with Crippen LogP contribution >= 0.6 is 39.5 Å². The van der Waals surface area contributed by atoms with Crippen LogP contribution in [0.15, 0.2) is 16.6 Å². The van der Waals surface area contributed by atoms with Crippen LogP contribution < -0.4 is 4.72 Å². The molecule has 0 spiro atoms. The lowest BCUT2D eigenvalue weighted by Gasteiger charge is -2.02. The third-order valence-electron chi connectivity index (χ3n) is 2.84. The fourth-order valence-electron chi connectivity index (χ4n) is 1.95. The van der Waals surface area contributed by atoms with Crippen molar-refractivity contribution in [3.63, 3.8) is 0 Å². The van der Waals surface area contributed by atoms with Crippen LogP contribution in [0, 0.1) is 0 Å². The predicted octanol–water partition coefficient (Wildman–Crippen LogP) is 4.48. The van der Waals surface area contributed by atoms with Crippen molar-refractivity contribution in [1.82, 2.24) is 9.78 Å². The van der Waals surface area contributed by atoms with Gasteiger partial charge in [-0.15, -0.1) is 0 Å². The van der Waals surface area contributed by atoms with Crippen LogP contribution in [-0.2, 0) is 0 Å². The van der Waals surface area contributed by atoms with Crippen LogP contribution in [0.2, 0.25) is 5.02 Å². The zero-order valence-corrected chi connectivity index (χ0v) is 12.4. The number of aromatic nitrogens is 2. The number of halogens is 2. The van der Waals surface area contributed by atoms with Gasteiger partial charge in [-0.25, -0.2) is 0 Å². The van der Waals surface area contributed by atoms with Crippen LogP contribution in [-0.4, -0.2) is 16.0 Å². The molecule has 1 aliphatic rings. The fourth-order valence-corrected chi connectivity index (χ4v) is 3.04. The summed E-state index contributed by atoms with van der Waals surface area (Å²) in [5, 5.41) is 6.38. The number of anilines is 1. The molecule has 1 saturated carbocycles. The lowest BCUT2D eigenvalue weighted by molar-refractivity contribution is 0.668. The van der Waals surface area contributed by atoms with E-state index in [2.05, 4.69) is 30.4 Å². The maximum absolute atomic E-state index is 6.28. The second-order valence-corrected chi connectivity index (χ2v) is 5.96. The van der Waals surface area contributed by atoms with Crippen molar-refractivity contribution in [2.24, 2.45) is 0 Å². The third kappa shape index (κ3) is 1.94. The summed E-state index contributed by atoms with van der Waals surface area (Å²) in [7, 11) is 0. The summed E-state index contributed by atoms with van der Waals surface area (Å²) in [5.74, 6) is 0.853. The van der Waals surface area contributed by atoms with Gasteiger partial charge in [-0.3, -0.25) is 4.68 Å². The molecule has 3 nitrogen and oxygen atoms in total. The van der Waals surface area contributed by atoms with Crippen LogP contribution in [0.4, 0.5) is 5.82 Å². The van der Waals surface area contributed by atoms with Gasteiger partial charge in [-0.1, -0.05) is 23.5 Å². The van der Waals surface area contributed by atoms with E-state index in [1.54, 1.807) is 0 Å². The van der Waals surface area contributed by atoms with Gasteiger partial charge in [0.15, 0.2) is 5.82 Å². The zero-order chi connectivity index (χ0) is 12.0. The number of nitrogens with one attached hydrogen (secondary N) is 1. The molecule has 1 heterocycles. The SMILES string of the molecule is CSNc1nn(C2CC2)c2c(Br)ccc(Cl)c12. The molecule has 1 N–H and O–H groups in total. The minimum atomic E-state index is 0.532. The molecule has 1 fully saturated rings. The Morgan fingerprint density at radius 3 is 2.94 bits per heavy atom. The van der Waals surface area contributed by atoms with E-state index in [-0.39, 0.29) is 0 Å². The number of benzene rings is 1. The average Bonchev–Trinajstić information content (AvgIpc) is 3.07. The molecule has 0 radical (unpaired) electrons. The second kappa shape index (κ2) is 4.37. The van der Waals surface area contributed by atoms with Crippen molar-refractivity contribution in [2.45, 2.75) is 18.9 Å². The molecule has 0 atom stereocenters. The molecule has 1 aliphatic carbocycles. The van der Waals surface area contributed by atoms with Gasteiger partial charge in [0, 0.05) is 10.7 Å². The highest BCUT2D eigenvalue weighted by atomic mass is 79.9. The highest BCUT2D eigenvalue weighted by molar-refractivity contribution is 9.10. The quantitative estimate of drug-likeness (QED) is 0.841. The number of fused-ring (bicyclic) bond motifs is 1. The van der Waals surface area contributed by atoms with E-state index < -0.39 is 0 Å². The molecule has 2 aromatic rings. The summed E-state index contributed by atoms with van der Waals surface area (Å²) in [5.41, 5.74) is 1.09. The number of rotatable bonds is 3. The van der Waals surface area contributed by atoms with Crippen molar-refractivity contribution in [1.29, 1.82) is 0 Å². The summed E-state index contributed by atoms with van der Waals surface area (Å²) < 4.78 is 6.33. The normalized spacial score (nSPS) is 15.5. The van der Waals surface area contributed by atoms with Gasteiger partial charge in [0.2, 0.25) is 0 Å². The molecule has 6 heteroatoms. The lowest BCUT2D eigenvalue weighted by Crippen LogP contribution is -1.97. The van der Waals surface area contributed by atoms with E-state index in [1.165, 1.54) is 24.8 Å². The summed E-state index contributed by atoms with van der Waals surface area (Å²) >= 11 is 11.4. The average molecular weight is 333 g/mol. The Labute approximate surface area is 117 Å². The largest absolute Gasteiger partial charge is 0.313 e. The van der Waals surface area contributed by atoms with Gasteiger partial charge in [-0.2, -0.15) is 5.10 Å². The molecule has 17 heavy (non-hydrogen) atoms. The maximum atomic E-state index is 6.28. The topological polar surface area (TPSA) is 29.9 Å².